The second-order valence-corrected chi connectivity index (χ2v) is 6.87. The summed E-state index contributed by atoms with van der Waals surface area (Å²) in [6.07, 6.45) is 1.74. The van der Waals surface area contributed by atoms with Crippen LogP contribution in [0.3, 0.4) is 0 Å². The minimum Gasteiger partial charge on any atom is -0.489 e. The highest BCUT2D eigenvalue weighted by atomic mass is 35.5. The number of aromatic nitrogens is 2. The fourth-order valence-corrected chi connectivity index (χ4v) is 2.01. The van der Waals surface area contributed by atoms with Crippen LogP contribution in [0.1, 0.15) is 38.2 Å². The Balaban J connectivity index is 0.00000312. The highest BCUT2D eigenvalue weighted by molar-refractivity contribution is 5.95. The third kappa shape index (κ3) is 5.76. The fraction of sp³-hybridized carbons (Fsp3) is 0.444. The Morgan fingerprint density at radius 2 is 1.96 bits per heavy atom. The Bertz CT molecular complexity index is 684. The van der Waals surface area contributed by atoms with Crippen LogP contribution in [0.15, 0.2) is 36.5 Å². The van der Waals surface area contributed by atoms with Crippen molar-refractivity contribution >= 4 is 18.3 Å². The molecule has 6 nitrogen and oxygen atoms in total. The van der Waals surface area contributed by atoms with Gasteiger partial charge in [-0.1, -0.05) is 32.0 Å². The molecular formula is C18H27ClN4O2. The third-order valence-corrected chi connectivity index (χ3v) is 3.45. The largest absolute Gasteiger partial charge is 0.489 e. The maximum absolute atomic E-state index is 12.6. The first-order chi connectivity index (χ1) is 11.3. The molecule has 0 bridgehead atoms. The predicted molar refractivity (Wildman–Crippen MR) is 102 cm³/mol. The Morgan fingerprint density at radius 1 is 1.32 bits per heavy atom. The number of rotatable bonds is 7. The zero-order valence-electron chi connectivity index (χ0n) is 15.2. The molecule has 1 amide bonds. The van der Waals surface area contributed by atoms with Gasteiger partial charge >= 0.3 is 0 Å². The zero-order chi connectivity index (χ0) is 17.7. The van der Waals surface area contributed by atoms with E-state index in [1.165, 1.54) is 0 Å². The lowest BCUT2D eigenvalue weighted by Gasteiger charge is -2.23. The molecule has 1 aromatic carbocycles. The van der Waals surface area contributed by atoms with Gasteiger partial charge in [-0.3, -0.25) is 4.79 Å². The number of nitrogens with two attached hydrogens (primary N) is 1. The molecular weight excluding hydrogens is 340 g/mol. The lowest BCUT2D eigenvalue weighted by Crippen LogP contribution is -2.49. The number of amides is 1. The van der Waals surface area contributed by atoms with Gasteiger partial charge in [-0.15, -0.1) is 12.4 Å². The minimum absolute atomic E-state index is 0. The van der Waals surface area contributed by atoms with E-state index in [2.05, 4.69) is 24.3 Å². The molecule has 7 heteroatoms. The molecule has 1 aromatic heterocycles. The maximum Gasteiger partial charge on any atom is 0.276 e. The Labute approximate surface area is 155 Å². The summed E-state index contributed by atoms with van der Waals surface area (Å²) in [5.74, 6) is 0.526. The number of hydrogen-bond acceptors (Lipinski definition) is 4. The van der Waals surface area contributed by atoms with Gasteiger partial charge in [0.25, 0.3) is 5.91 Å². The summed E-state index contributed by atoms with van der Waals surface area (Å²) in [6.45, 7) is 8.70. The first-order valence-corrected chi connectivity index (χ1v) is 8.13. The van der Waals surface area contributed by atoms with E-state index in [0.29, 0.717) is 24.8 Å². The number of benzene rings is 1. The third-order valence-electron chi connectivity index (χ3n) is 3.45. The van der Waals surface area contributed by atoms with Gasteiger partial charge < -0.3 is 15.8 Å². The van der Waals surface area contributed by atoms with E-state index in [-0.39, 0.29) is 24.0 Å². The molecule has 25 heavy (non-hydrogen) atoms. The maximum atomic E-state index is 12.6. The molecule has 3 N–H and O–H groups in total. The number of hydrogen-bond donors (Lipinski definition) is 2. The van der Waals surface area contributed by atoms with Gasteiger partial charge in [0.15, 0.2) is 11.4 Å². The minimum atomic E-state index is -0.511. The van der Waals surface area contributed by atoms with Crippen LogP contribution < -0.4 is 15.8 Å². The van der Waals surface area contributed by atoms with Crippen LogP contribution in [0.25, 0.3) is 5.69 Å². The summed E-state index contributed by atoms with van der Waals surface area (Å²) < 4.78 is 7.45. The van der Waals surface area contributed by atoms with Gasteiger partial charge in [0.05, 0.1) is 18.5 Å². The normalized spacial score (nSPS) is 11.1. The van der Waals surface area contributed by atoms with Crippen LogP contribution in [0, 0.1) is 5.92 Å². The lowest BCUT2D eigenvalue weighted by molar-refractivity contribution is 0.0905. The molecule has 2 rings (SSSR count). The summed E-state index contributed by atoms with van der Waals surface area (Å²) in [7, 11) is 0. The standard InChI is InChI=1S/C18H26N4O2.ClH/c1-13(2)11-24-15-10-22(14-8-6-5-7-9-14)21-16(15)17(23)20-18(3,4)12-19;/h5-10,13H,11-12,19H2,1-4H3,(H,20,23);1H. The van der Waals surface area contributed by atoms with E-state index in [1.807, 2.05) is 44.2 Å². The number of para-hydroxylation sites is 1. The van der Waals surface area contributed by atoms with E-state index in [0.717, 1.165) is 5.69 Å². The zero-order valence-corrected chi connectivity index (χ0v) is 16.0. The summed E-state index contributed by atoms with van der Waals surface area (Å²) in [5.41, 5.74) is 6.31. The molecule has 2 aromatic rings. The van der Waals surface area contributed by atoms with E-state index >= 15 is 0 Å². The van der Waals surface area contributed by atoms with Gasteiger partial charge in [-0.2, -0.15) is 5.10 Å². The van der Waals surface area contributed by atoms with Crippen molar-refractivity contribution in [2.24, 2.45) is 11.7 Å². The Hall–Kier alpha value is -2.05. The average Bonchev–Trinajstić information content (AvgIpc) is 2.98. The molecule has 0 saturated carbocycles. The van der Waals surface area contributed by atoms with Crippen molar-refractivity contribution < 1.29 is 9.53 Å². The molecule has 0 saturated heterocycles. The molecule has 1 heterocycles. The molecule has 0 aliphatic rings. The van der Waals surface area contributed by atoms with Crippen molar-refractivity contribution in [3.8, 4) is 11.4 Å². The van der Waals surface area contributed by atoms with Crippen LogP contribution in [-0.2, 0) is 0 Å². The van der Waals surface area contributed by atoms with E-state index < -0.39 is 5.54 Å². The van der Waals surface area contributed by atoms with Crippen molar-refractivity contribution in [1.29, 1.82) is 0 Å². The van der Waals surface area contributed by atoms with Crippen molar-refractivity contribution in [2.75, 3.05) is 13.2 Å². The summed E-state index contributed by atoms with van der Waals surface area (Å²) in [4.78, 5) is 12.6. The molecule has 0 radical (unpaired) electrons. The van der Waals surface area contributed by atoms with Crippen molar-refractivity contribution in [2.45, 2.75) is 33.2 Å². The van der Waals surface area contributed by atoms with Gasteiger partial charge in [-0.25, -0.2) is 4.68 Å². The van der Waals surface area contributed by atoms with Gasteiger partial charge in [0, 0.05) is 12.1 Å². The summed E-state index contributed by atoms with van der Waals surface area (Å²) in [5, 5.41) is 7.31. The van der Waals surface area contributed by atoms with E-state index in [1.54, 1.807) is 10.9 Å². The second-order valence-electron chi connectivity index (χ2n) is 6.87. The monoisotopic (exact) mass is 366 g/mol. The van der Waals surface area contributed by atoms with Gasteiger partial charge in [-0.05, 0) is 31.9 Å². The van der Waals surface area contributed by atoms with Crippen molar-refractivity contribution in [1.82, 2.24) is 15.1 Å². The number of halogens is 1. The van der Waals surface area contributed by atoms with E-state index in [4.69, 9.17) is 10.5 Å². The number of carbonyl (C=O) groups excluding carboxylic acids is 1. The van der Waals surface area contributed by atoms with Crippen LogP contribution in [0.5, 0.6) is 5.75 Å². The predicted octanol–water partition coefficient (Wildman–Crippen LogP) is 2.80. The molecule has 0 aliphatic carbocycles. The Kier molecular flexibility index (Phi) is 7.45. The van der Waals surface area contributed by atoms with Crippen molar-refractivity contribution in [3.05, 3.63) is 42.2 Å². The second kappa shape index (κ2) is 8.87. The van der Waals surface area contributed by atoms with Crippen LogP contribution >= 0.6 is 12.4 Å². The highest BCUT2D eigenvalue weighted by Gasteiger charge is 2.25. The molecule has 138 valence electrons. The van der Waals surface area contributed by atoms with Crippen LogP contribution in [0.2, 0.25) is 0 Å². The van der Waals surface area contributed by atoms with Crippen LogP contribution in [0.4, 0.5) is 0 Å². The highest BCUT2D eigenvalue weighted by Crippen LogP contribution is 2.21. The smallest absolute Gasteiger partial charge is 0.276 e. The fourth-order valence-electron chi connectivity index (χ4n) is 2.01. The lowest BCUT2D eigenvalue weighted by atomic mass is 10.1. The topological polar surface area (TPSA) is 82.2 Å². The summed E-state index contributed by atoms with van der Waals surface area (Å²) in [6, 6.07) is 9.61. The number of nitrogens with zero attached hydrogens (tertiary/aromatic N) is 2. The van der Waals surface area contributed by atoms with Crippen LogP contribution in [-0.4, -0.2) is 34.4 Å². The molecule has 0 fully saturated rings. The molecule has 0 atom stereocenters. The molecule has 0 aliphatic heterocycles. The summed E-state index contributed by atoms with van der Waals surface area (Å²) >= 11 is 0. The van der Waals surface area contributed by atoms with Crippen molar-refractivity contribution in [3.63, 3.8) is 0 Å². The van der Waals surface area contributed by atoms with E-state index in [9.17, 15) is 4.79 Å². The van der Waals surface area contributed by atoms with Gasteiger partial charge in [0.1, 0.15) is 0 Å². The SMILES string of the molecule is CC(C)COc1cn(-c2ccccc2)nc1C(=O)NC(C)(C)CN.Cl. The first-order valence-electron chi connectivity index (χ1n) is 8.13. The number of nitrogens with one attached hydrogen (secondary N) is 1. The van der Waals surface area contributed by atoms with Gasteiger partial charge in [0.2, 0.25) is 0 Å². The quantitative estimate of drug-likeness (QED) is 0.789. The number of ether oxygens (including phenoxy) is 1. The first kappa shape index (κ1) is 21.0. The Morgan fingerprint density at radius 3 is 2.52 bits per heavy atom. The number of carbonyl (C=O) groups is 1. The molecule has 0 spiro atoms. The molecule has 0 unspecified atom stereocenters. The average molecular weight is 367 g/mol.